The van der Waals surface area contributed by atoms with Gasteiger partial charge in [-0.3, -0.25) is 9.69 Å². The summed E-state index contributed by atoms with van der Waals surface area (Å²) in [6.07, 6.45) is 1.28. The maximum atomic E-state index is 12.4. The summed E-state index contributed by atoms with van der Waals surface area (Å²) in [6.45, 7) is 3.29. The van der Waals surface area contributed by atoms with Gasteiger partial charge in [0, 0.05) is 27.7 Å². The zero-order chi connectivity index (χ0) is 14.8. The molecule has 0 spiro atoms. The average molecular weight is 320 g/mol. The van der Waals surface area contributed by atoms with Crippen molar-refractivity contribution in [2.75, 3.05) is 13.1 Å². The van der Waals surface area contributed by atoms with Gasteiger partial charge in [0.05, 0.1) is 0 Å². The van der Waals surface area contributed by atoms with Crippen LogP contribution < -0.4 is 0 Å². The molecule has 1 aliphatic heterocycles. The van der Waals surface area contributed by atoms with E-state index >= 15 is 0 Å². The Bertz CT molecular complexity index is 643. The van der Waals surface area contributed by atoms with Gasteiger partial charge in [-0.25, -0.2) is 0 Å². The van der Waals surface area contributed by atoms with Gasteiger partial charge in [-0.15, -0.1) is 0 Å². The van der Waals surface area contributed by atoms with Crippen molar-refractivity contribution in [3.05, 3.63) is 69.2 Å². The number of benzene rings is 2. The summed E-state index contributed by atoms with van der Waals surface area (Å²) in [5.41, 5.74) is 2.40. The molecule has 0 N–H and O–H groups in total. The van der Waals surface area contributed by atoms with E-state index in [1.165, 1.54) is 25.1 Å². The zero-order valence-corrected chi connectivity index (χ0v) is 13.0. The Morgan fingerprint density at radius 2 is 1.57 bits per heavy atom. The van der Waals surface area contributed by atoms with Crippen molar-refractivity contribution < 1.29 is 4.79 Å². The van der Waals surface area contributed by atoms with Crippen molar-refractivity contribution in [3.63, 3.8) is 0 Å². The topological polar surface area (TPSA) is 20.3 Å². The first-order valence-corrected chi connectivity index (χ1v) is 7.69. The second-order valence-electron chi connectivity index (χ2n) is 5.31. The smallest absolute Gasteiger partial charge is 0.193 e. The van der Waals surface area contributed by atoms with Crippen LogP contribution in [0.15, 0.2) is 42.5 Å². The third kappa shape index (κ3) is 3.46. The summed E-state index contributed by atoms with van der Waals surface area (Å²) in [6, 6.07) is 12.7. The van der Waals surface area contributed by atoms with Crippen LogP contribution in [0.1, 0.15) is 27.9 Å². The molecule has 0 radical (unpaired) electrons. The number of rotatable bonds is 4. The number of hydrogen-bond donors (Lipinski definition) is 0. The fourth-order valence-corrected chi connectivity index (χ4v) is 2.94. The summed E-state index contributed by atoms with van der Waals surface area (Å²) in [4.78, 5) is 14.8. The average Bonchev–Trinajstić information content (AvgIpc) is 2.42. The van der Waals surface area contributed by atoms with E-state index in [-0.39, 0.29) is 5.78 Å². The molecule has 0 aliphatic carbocycles. The van der Waals surface area contributed by atoms with Crippen molar-refractivity contribution in [3.8, 4) is 0 Å². The molecule has 0 saturated carbocycles. The van der Waals surface area contributed by atoms with Gasteiger partial charge in [0.25, 0.3) is 0 Å². The monoisotopic (exact) mass is 319 g/mol. The van der Waals surface area contributed by atoms with Crippen LogP contribution in [-0.2, 0) is 6.54 Å². The van der Waals surface area contributed by atoms with E-state index in [9.17, 15) is 4.79 Å². The molecule has 2 aromatic carbocycles. The molecule has 0 unspecified atom stereocenters. The van der Waals surface area contributed by atoms with Crippen LogP contribution in [-0.4, -0.2) is 23.8 Å². The highest BCUT2D eigenvalue weighted by molar-refractivity contribution is 6.35. The second kappa shape index (κ2) is 6.18. The maximum absolute atomic E-state index is 12.4. The van der Waals surface area contributed by atoms with E-state index in [4.69, 9.17) is 23.2 Å². The van der Waals surface area contributed by atoms with E-state index < -0.39 is 0 Å². The van der Waals surface area contributed by atoms with Crippen LogP contribution in [0.25, 0.3) is 0 Å². The molecular weight excluding hydrogens is 305 g/mol. The highest BCUT2D eigenvalue weighted by Crippen LogP contribution is 2.22. The summed E-state index contributed by atoms with van der Waals surface area (Å²) in [7, 11) is 0. The molecule has 4 heteroatoms. The molecule has 1 aliphatic rings. The fourth-order valence-electron chi connectivity index (χ4n) is 2.41. The van der Waals surface area contributed by atoms with Gasteiger partial charge in [0.2, 0.25) is 0 Å². The Balaban J connectivity index is 1.77. The van der Waals surface area contributed by atoms with Crippen LogP contribution in [0, 0.1) is 0 Å². The third-order valence-corrected chi connectivity index (χ3v) is 4.13. The molecule has 0 amide bonds. The predicted octanol–water partition coefficient (Wildman–Crippen LogP) is 4.43. The van der Waals surface area contributed by atoms with E-state index in [2.05, 4.69) is 4.90 Å². The predicted molar refractivity (Wildman–Crippen MR) is 86.2 cm³/mol. The lowest BCUT2D eigenvalue weighted by Crippen LogP contribution is -2.36. The zero-order valence-electron chi connectivity index (χ0n) is 11.5. The molecule has 2 nitrogen and oxygen atoms in total. The second-order valence-corrected chi connectivity index (χ2v) is 6.19. The third-order valence-electron chi connectivity index (χ3n) is 3.70. The number of likely N-dealkylation sites (tertiary alicyclic amines) is 1. The van der Waals surface area contributed by atoms with Crippen LogP contribution in [0.5, 0.6) is 0 Å². The molecule has 1 heterocycles. The first kappa shape index (κ1) is 14.6. The van der Waals surface area contributed by atoms with Crippen LogP contribution in [0.2, 0.25) is 10.0 Å². The lowest BCUT2D eigenvalue weighted by molar-refractivity contribution is 0.103. The molecule has 1 saturated heterocycles. The number of nitrogens with zero attached hydrogens (tertiary/aromatic N) is 1. The Labute approximate surface area is 134 Å². The van der Waals surface area contributed by atoms with Crippen LogP contribution >= 0.6 is 23.2 Å². The van der Waals surface area contributed by atoms with Gasteiger partial charge in [-0.1, -0.05) is 47.5 Å². The lowest BCUT2D eigenvalue weighted by Gasteiger charge is -2.30. The number of halogens is 2. The van der Waals surface area contributed by atoms with Crippen LogP contribution in [0.3, 0.4) is 0 Å². The number of carbonyl (C=O) groups excluding carboxylic acids is 1. The molecular formula is C17H15Cl2NO. The number of ketones is 1. The highest BCUT2D eigenvalue weighted by atomic mass is 35.5. The van der Waals surface area contributed by atoms with Gasteiger partial charge in [-0.05, 0) is 43.3 Å². The van der Waals surface area contributed by atoms with E-state index in [0.29, 0.717) is 21.2 Å². The van der Waals surface area contributed by atoms with E-state index in [1.807, 2.05) is 24.3 Å². The first-order valence-electron chi connectivity index (χ1n) is 6.94. The fraction of sp³-hybridized carbons (Fsp3) is 0.235. The van der Waals surface area contributed by atoms with Crippen molar-refractivity contribution in [2.45, 2.75) is 13.0 Å². The normalized spacial score (nSPS) is 14.8. The summed E-state index contributed by atoms with van der Waals surface area (Å²) >= 11 is 11.9. The van der Waals surface area contributed by atoms with E-state index in [1.54, 1.807) is 18.2 Å². The van der Waals surface area contributed by atoms with Gasteiger partial charge >= 0.3 is 0 Å². The SMILES string of the molecule is O=C(c1ccc(CN2CCC2)cc1)c1cc(Cl)cc(Cl)c1. The Morgan fingerprint density at radius 1 is 0.952 bits per heavy atom. The van der Waals surface area contributed by atoms with Gasteiger partial charge in [0.15, 0.2) is 5.78 Å². The molecule has 0 aromatic heterocycles. The van der Waals surface area contributed by atoms with E-state index in [0.717, 1.165) is 6.54 Å². The van der Waals surface area contributed by atoms with Gasteiger partial charge in [0.1, 0.15) is 0 Å². The molecule has 0 bridgehead atoms. The summed E-state index contributed by atoms with van der Waals surface area (Å²) in [5, 5.41) is 0.945. The van der Waals surface area contributed by atoms with Gasteiger partial charge < -0.3 is 0 Å². The Hall–Kier alpha value is -1.35. The molecule has 0 atom stereocenters. The number of carbonyl (C=O) groups is 1. The van der Waals surface area contributed by atoms with Crippen LogP contribution in [0.4, 0.5) is 0 Å². The minimum atomic E-state index is -0.0603. The quantitative estimate of drug-likeness (QED) is 0.777. The Morgan fingerprint density at radius 3 is 2.10 bits per heavy atom. The molecule has 1 fully saturated rings. The van der Waals surface area contributed by atoms with Crippen molar-refractivity contribution >= 4 is 29.0 Å². The van der Waals surface area contributed by atoms with Crippen molar-refractivity contribution in [1.29, 1.82) is 0 Å². The minimum absolute atomic E-state index is 0.0603. The molecule has 108 valence electrons. The summed E-state index contributed by atoms with van der Waals surface area (Å²) in [5.74, 6) is -0.0603. The lowest BCUT2D eigenvalue weighted by atomic mass is 10.0. The molecule has 3 rings (SSSR count). The van der Waals surface area contributed by atoms with Crippen molar-refractivity contribution in [1.82, 2.24) is 4.90 Å². The highest BCUT2D eigenvalue weighted by Gasteiger charge is 2.14. The first-order chi connectivity index (χ1) is 10.1. The standard InChI is InChI=1S/C17H15Cl2NO/c18-15-8-14(9-16(19)10-15)17(21)13-4-2-12(3-5-13)11-20-6-1-7-20/h2-5,8-10H,1,6-7,11H2. The largest absolute Gasteiger partial charge is 0.299 e. The molecule has 21 heavy (non-hydrogen) atoms. The van der Waals surface area contributed by atoms with Crippen molar-refractivity contribution in [2.24, 2.45) is 0 Å². The molecule has 2 aromatic rings. The van der Waals surface area contributed by atoms with Gasteiger partial charge in [-0.2, -0.15) is 0 Å². The number of hydrogen-bond acceptors (Lipinski definition) is 2. The minimum Gasteiger partial charge on any atom is -0.299 e. The summed E-state index contributed by atoms with van der Waals surface area (Å²) < 4.78 is 0. The maximum Gasteiger partial charge on any atom is 0.193 e. The Kier molecular flexibility index (Phi) is 4.29.